The van der Waals surface area contributed by atoms with Crippen molar-refractivity contribution in [3.05, 3.63) is 65.2 Å². The molecule has 2 aliphatic heterocycles. The van der Waals surface area contributed by atoms with Crippen LogP contribution >= 0.6 is 0 Å². The van der Waals surface area contributed by atoms with Crippen LogP contribution in [0.5, 0.6) is 5.75 Å². The number of carbonyl (C=O) groups is 2. The minimum atomic E-state index is -0.621. The van der Waals surface area contributed by atoms with Gasteiger partial charge in [-0.3, -0.25) is 4.79 Å². The monoisotopic (exact) mass is 396 g/mol. The molecule has 7 nitrogen and oxygen atoms in total. The average molecular weight is 396 g/mol. The Bertz CT molecular complexity index is 916. The Morgan fingerprint density at radius 3 is 2.41 bits per heavy atom. The number of nitrogens with one attached hydrogen (secondary N) is 2. The zero-order valence-electron chi connectivity index (χ0n) is 16.4. The Morgan fingerprint density at radius 2 is 1.69 bits per heavy atom. The third kappa shape index (κ3) is 3.53. The summed E-state index contributed by atoms with van der Waals surface area (Å²) in [6, 6.07) is 14.4. The van der Waals surface area contributed by atoms with E-state index in [9.17, 15) is 9.59 Å². The van der Waals surface area contributed by atoms with Crippen molar-refractivity contribution in [2.75, 3.05) is 13.2 Å². The second-order valence-electron chi connectivity index (χ2n) is 6.93. The van der Waals surface area contributed by atoms with E-state index in [2.05, 4.69) is 10.6 Å². The highest BCUT2D eigenvalue weighted by Crippen LogP contribution is 2.51. The van der Waals surface area contributed by atoms with Crippen molar-refractivity contribution in [3.63, 3.8) is 0 Å². The zero-order chi connectivity index (χ0) is 20.4. The van der Waals surface area contributed by atoms with Crippen LogP contribution in [0.15, 0.2) is 48.5 Å². The van der Waals surface area contributed by atoms with E-state index in [0.717, 1.165) is 11.1 Å². The first kappa shape index (κ1) is 19.3. The molecule has 1 fully saturated rings. The number of fused-ring (bicyclic) bond motifs is 5. The number of hydrogen-bond donors (Lipinski definition) is 2. The highest BCUT2D eigenvalue weighted by molar-refractivity contribution is 5.97. The molecule has 29 heavy (non-hydrogen) atoms. The largest absolute Gasteiger partial charge is 0.493 e. The number of carbonyl (C=O) groups excluding carboxylic acids is 2. The first-order chi connectivity index (χ1) is 14.1. The zero-order valence-corrected chi connectivity index (χ0v) is 16.4. The smallest absolute Gasteiger partial charge is 0.407 e. The quantitative estimate of drug-likeness (QED) is 0.784. The van der Waals surface area contributed by atoms with Gasteiger partial charge in [-0.1, -0.05) is 36.4 Å². The fourth-order valence-corrected chi connectivity index (χ4v) is 3.99. The number of alkyl carbamates (subject to hydrolysis) is 1. The van der Waals surface area contributed by atoms with Crippen molar-refractivity contribution < 1.29 is 23.8 Å². The molecule has 2 amide bonds. The Balaban J connectivity index is 1.61. The van der Waals surface area contributed by atoms with Crippen LogP contribution in [0.3, 0.4) is 0 Å². The maximum Gasteiger partial charge on any atom is 0.407 e. The Morgan fingerprint density at radius 1 is 1.00 bits per heavy atom. The third-order valence-corrected chi connectivity index (χ3v) is 5.17. The third-order valence-electron chi connectivity index (χ3n) is 5.17. The molecule has 0 spiro atoms. The number of ether oxygens (including phenoxy) is 3. The van der Waals surface area contributed by atoms with Crippen molar-refractivity contribution in [1.29, 1.82) is 0 Å². The fourth-order valence-electron chi connectivity index (χ4n) is 3.99. The lowest BCUT2D eigenvalue weighted by Crippen LogP contribution is -2.49. The summed E-state index contributed by atoms with van der Waals surface area (Å²) in [6.07, 6.45) is -1.94. The van der Waals surface area contributed by atoms with Gasteiger partial charge in [0.15, 0.2) is 6.10 Å². The van der Waals surface area contributed by atoms with Crippen molar-refractivity contribution in [2.45, 2.75) is 38.2 Å². The van der Waals surface area contributed by atoms with Gasteiger partial charge < -0.3 is 24.8 Å². The van der Waals surface area contributed by atoms with Gasteiger partial charge in [-0.25, -0.2) is 4.79 Å². The Hall–Kier alpha value is -3.06. The maximum absolute atomic E-state index is 13.0. The van der Waals surface area contributed by atoms with Crippen LogP contribution in [0.1, 0.15) is 47.5 Å². The molecule has 0 aliphatic carbocycles. The molecule has 7 heteroatoms. The molecule has 1 saturated heterocycles. The molecule has 0 aromatic heterocycles. The minimum Gasteiger partial charge on any atom is -0.493 e. The van der Waals surface area contributed by atoms with Crippen LogP contribution < -0.4 is 15.4 Å². The van der Waals surface area contributed by atoms with Gasteiger partial charge in [-0.05, 0) is 37.1 Å². The molecule has 2 N–H and O–H groups in total. The summed E-state index contributed by atoms with van der Waals surface area (Å²) in [5, 5.41) is 5.65. The molecule has 2 aromatic rings. The normalized spacial score (nSPS) is 23.9. The van der Waals surface area contributed by atoms with E-state index in [1.165, 1.54) is 0 Å². The SMILES string of the molecule is CCNC(=O)O[C@H]1[C@H](NC(=O)c2ccccc2OCC)[C@H]2O[C@@H]1c1ccccc12. The van der Waals surface area contributed by atoms with Gasteiger partial charge in [0.25, 0.3) is 5.91 Å². The van der Waals surface area contributed by atoms with E-state index in [1.807, 2.05) is 44.2 Å². The number of para-hydroxylation sites is 1. The predicted octanol–water partition coefficient (Wildman–Crippen LogP) is 3.12. The van der Waals surface area contributed by atoms with Crippen molar-refractivity contribution in [1.82, 2.24) is 10.6 Å². The fraction of sp³-hybridized carbons (Fsp3) is 0.364. The highest BCUT2D eigenvalue weighted by Gasteiger charge is 2.55. The van der Waals surface area contributed by atoms with Crippen molar-refractivity contribution in [3.8, 4) is 5.75 Å². The summed E-state index contributed by atoms with van der Waals surface area (Å²) < 4.78 is 17.3. The standard InChI is InChI=1S/C22H24N2O5/c1-3-23-22(26)29-20-17(18-13-9-5-6-10-14(13)19(20)28-18)24-21(25)15-11-7-8-12-16(15)27-4-2/h5-12,17-20H,3-4H2,1-2H3,(H,23,26)(H,24,25)/t17-,18+,19-,20+/m1/s1. The number of benzene rings is 2. The summed E-state index contributed by atoms with van der Waals surface area (Å²) >= 11 is 0. The summed E-state index contributed by atoms with van der Waals surface area (Å²) in [6.45, 7) is 4.59. The van der Waals surface area contributed by atoms with E-state index in [-0.39, 0.29) is 12.0 Å². The van der Waals surface area contributed by atoms with Crippen LogP contribution in [0.4, 0.5) is 4.79 Å². The van der Waals surface area contributed by atoms with Crippen LogP contribution in [0.25, 0.3) is 0 Å². The second kappa shape index (κ2) is 8.13. The average Bonchev–Trinajstić information content (AvgIpc) is 3.26. The predicted molar refractivity (Wildman–Crippen MR) is 106 cm³/mol. The lowest BCUT2D eigenvalue weighted by atomic mass is 9.86. The van der Waals surface area contributed by atoms with Crippen molar-refractivity contribution >= 4 is 12.0 Å². The molecular weight excluding hydrogens is 372 g/mol. The van der Waals surface area contributed by atoms with Gasteiger partial charge >= 0.3 is 6.09 Å². The van der Waals surface area contributed by atoms with Gasteiger partial charge in [-0.15, -0.1) is 0 Å². The molecule has 0 unspecified atom stereocenters. The minimum absolute atomic E-state index is 0.294. The topological polar surface area (TPSA) is 85.9 Å². The first-order valence-electron chi connectivity index (χ1n) is 9.85. The van der Waals surface area contributed by atoms with Crippen LogP contribution in [0.2, 0.25) is 0 Å². The van der Waals surface area contributed by atoms with Gasteiger partial charge in [0.05, 0.1) is 18.2 Å². The molecule has 152 valence electrons. The Labute approximate surface area is 169 Å². The summed E-state index contributed by atoms with van der Waals surface area (Å²) in [5.74, 6) is 0.218. The lowest BCUT2D eigenvalue weighted by Gasteiger charge is -2.30. The molecule has 0 saturated carbocycles. The molecule has 2 aliphatic rings. The Kier molecular flexibility index (Phi) is 5.40. The highest BCUT2D eigenvalue weighted by atomic mass is 16.6. The van der Waals surface area contributed by atoms with Gasteiger partial charge in [-0.2, -0.15) is 0 Å². The van der Waals surface area contributed by atoms with Crippen LogP contribution in [0, 0.1) is 0 Å². The first-order valence-corrected chi connectivity index (χ1v) is 9.85. The van der Waals surface area contributed by atoms with Crippen LogP contribution in [-0.4, -0.2) is 37.3 Å². The van der Waals surface area contributed by atoms with E-state index < -0.39 is 24.3 Å². The second-order valence-corrected chi connectivity index (χ2v) is 6.93. The molecule has 2 heterocycles. The van der Waals surface area contributed by atoms with E-state index in [4.69, 9.17) is 14.2 Å². The van der Waals surface area contributed by atoms with E-state index in [0.29, 0.717) is 24.5 Å². The van der Waals surface area contributed by atoms with Crippen LogP contribution in [-0.2, 0) is 9.47 Å². The van der Waals surface area contributed by atoms with Gasteiger partial charge in [0.1, 0.15) is 18.0 Å². The summed E-state index contributed by atoms with van der Waals surface area (Å²) in [7, 11) is 0. The number of hydrogen-bond acceptors (Lipinski definition) is 5. The molecule has 4 rings (SSSR count). The maximum atomic E-state index is 13.0. The number of amides is 2. The molecule has 0 radical (unpaired) electrons. The summed E-state index contributed by atoms with van der Waals surface area (Å²) in [5.41, 5.74) is 2.44. The molecular formula is C22H24N2O5. The van der Waals surface area contributed by atoms with E-state index in [1.54, 1.807) is 18.2 Å². The van der Waals surface area contributed by atoms with Gasteiger partial charge in [0.2, 0.25) is 0 Å². The number of rotatable bonds is 6. The molecule has 4 atom stereocenters. The van der Waals surface area contributed by atoms with Gasteiger partial charge in [0, 0.05) is 6.54 Å². The molecule has 2 aromatic carbocycles. The summed E-state index contributed by atoms with van der Waals surface area (Å²) in [4.78, 5) is 25.1. The van der Waals surface area contributed by atoms with Crippen molar-refractivity contribution in [2.24, 2.45) is 0 Å². The molecule has 2 bridgehead atoms. The van der Waals surface area contributed by atoms with E-state index >= 15 is 0 Å². The lowest BCUT2D eigenvalue weighted by molar-refractivity contribution is 0.0179.